The molecule has 98 valence electrons. The summed E-state index contributed by atoms with van der Waals surface area (Å²) in [5, 5.41) is 22.3. The van der Waals surface area contributed by atoms with Crippen molar-refractivity contribution >= 4 is 23.8 Å². The van der Waals surface area contributed by atoms with Crippen LogP contribution in [0.4, 0.5) is 0 Å². The molecule has 0 spiro atoms. The molecule has 0 aliphatic heterocycles. The molecule has 0 bridgehead atoms. The standard InChI is InChI=1S/C12H14ClNO4/c1-7(16)14-5-11(17)12(18)10-3-2-9(13)4-8(10)6-15/h2-4,6,11-12,17-18H,5H2,1H3,(H,14,16). The van der Waals surface area contributed by atoms with Crippen LogP contribution in [0.3, 0.4) is 0 Å². The topological polar surface area (TPSA) is 86.6 Å². The van der Waals surface area contributed by atoms with Gasteiger partial charge in [-0.3, -0.25) is 9.59 Å². The van der Waals surface area contributed by atoms with E-state index in [1.165, 1.54) is 25.1 Å². The summed E-state index contributed by atoms with van der Waals surface area (Å²) in [5.74, 6) is -0.312. The van der Waals surface area contributed by atoms with Crippen LogP contribution in [0.15, 0.2) is 18.2 Å². The third kappa shape index (κ3) is 3.80. The van der Waals surface area contributed by atoms with Crippen molar-refractivity contribution in [1.29, 1.82) is 0 Å². The summed E-state index contributed by atoms with van der Waals surface area (Å²) < 4.78 is 0. The molecule has 3 N–H and O–H groups in total. The van der Waals surface area contributed by atoms with Crippen molar-refractivity contribution in [1.82, 2.24) is 5.32 Å². The molecule has 2 unspecified atom stereocenters. The molecule has 2 atom stereocenters. The predicted octanol–water partition coefficient (Wildman–Crippen LogP) is 0.683. The Kier molecular flexibility index (Phi) is 5.27. The van der Waals surface area contributed by atoms with Crippen molar-refractivity contribution in [2.75, 3.05) is 6.54 Å². The fraction of sp³-hybridized carbons (Fsp3) is 0.333. The summed E-state index contributed by atoms with van der Waals surface area (Å²) in [7, 11) is 0. The number of carbonyl (C=O) groups is 2. The molecule has 0 saturated carbocycles. The van der Waals surface area contributed by atoms with E-state index in [1.54, 1.807) is 0 Å². The van der Waals surface area contributed by atoms with E-state index in [9.17, 15) is 19.8 Å². The molecule has 1 rings (SSSR count). The smallest absolute Gasteiger partial charge is 0.216 e. The van der Waals surface area contributed by atoms with Gasteiger partial charge in [0.15, 0.2) is 0 Å². The molecular formula is C12H14ClNO4. The Morgan fingerprint density at radius 2 is 2.17 bits per heavy atom. The zero-order valence-electron chi connectivity index (χ0n) is 9.76. The highest BCUT2D eigenvalue weighted by molar-refractivity contribution is 6.30. The van der Waals surface area contributed by atoms with Crippen molar-refractivity contribution in [3.05, 3.63) is 34.3 Å². The number of aliphatic hydroxyl groups excluding tert-OH is 2. The minimum absolute atomic E-state index is 0.0998. The lowest BCUT2D eigenvalue weighted by Crippen LogP contribution is -2.34. The minimum Gasteiger partial charge on any atom is -0.388 e. The van der Waals surface area contributed by atoms with Gasteiger partial charge in [-0.25, -0.2) is 0 Å². The summed E-state index contributed by atoms with van der Waals surface area (Å²) in [6.07, 6.45) is -1.92. The lowest BCUT2D eigenvalue weighted by atomic mass is 9.99. The number of halogens is 1. The van der Waals surface area contributed by atoms with Gasteiger partial charge < -0.3 is 15.5 Å². The Morgan fingerprint density at radius 1 is 1.50 bits per heavy atom. The van der Waals surface area contributed by atoms with Gasteiger partial charge in [0.2, 0.25) is 5.91 Å². The molecule has 0 aliphatic carbocycles. The van der Waals surface area contributed by atoms with E-state index < -0.39 is 12.2 Å². The van der Waals surface area contributed by atoms with Gasteiger partial charge in [0.25, 0.3) is 0 Å². The first-order chi connectivity index (χ1) is 8.45. The number of nitrogens with one attached hydrogen (secondary N) is 1. The van der Waals surface area contributed by atoms with Crippen molar-refractivity contribution in [3.8, 4) is 0 Å². The number of aliphatic hydroxyl groups is 2. The zero-order chi connectivity index (χ0) is 13.7. The molecule has 18 heavy (non-hydrogen) atoms. The van der Waals surface area contributed by atoms with Crippen LogP contribution in [0.1, 0.15) is 28.9 Å². The average Bonchev–Trinajstić information content (AvgIpc) is 2.34. The molecule has 0 saturated heterocycles. The summed E-state index contributed by atoms with van der Waals surface area (Å²) >= 11 is 5.72. The second kappa shape index (κ2) is 6.49. The number of amides is 1. The number of hydrogen-bond donors (Lipinski definition) is 3. The molecule has 1 amide bonds. The van der Waals surface area contributed by atoms with E-state index in [0.29, 0.717) is 11.3 Å². The average molecular weight is 272 g/mol. The lowest BCUT2D eigenvalue weighted by molar-refractivity contribution is -0.119. The van der Waals surface area contributed by atoms with Crippen LogP contribution in [0, 0.1) is 0 Å². The molecular weight excluding hydrogens is 258 g/mol. The molecule has 0 aliphatic rings. The number of aldehydes is 1. The van der Waals surface area contributed by atoms with Crippen molar-refractivity contribution < 1.29 is 19.8 Å². The van der Waals surface area contributed by atoms with E-state index in [-0.39, 0.29) is 23.6 Å². The Morgan fingerprint density at radius 3 is 2.72 bits per heavy atom. The number of hydrogen-bond acceptors (Lipinski definition) is 4. The van der Waals surface area contributed by atoms with Crippen LogP contribution in [0.5, 0.6) is 0 Å². The van der Waals surface area contributed by atoms with Crippen LogP contribution in [0.25, 0.3) is 0 Å². The van der Waals surface area contributed by atoms with Crippen molar-refractivity contribution in [2.45, 2.75) is 19.1 Å². The van der Waals surface area contributed by atoms with E-state index in [2.05, 4.69) is 5.32 Å². The fourth-order valence-electron chi connectivity index (χ4n) is 1.48. The largest absolute Gasteiger partial charge is 0.388 e. The first kappa shape index (κ1) is 14.6. The van der Waals surface area contributed by atoms with Gasteiger partial charge in [-0.1, -0.05) is 17.7 Å². The molecule has 0 fully saturated rings. The van der Waals surface area contributed by atoms with E-state index in [0.717, 1.165) is 0 Å². The molecule has 0 radical (unpaired) electrons. The number of benzene rings is 1. The Hall–Kier alpha value is -1.43. The van der Waals surface area contributed by atoms with Gasteiger partial charge in [0.05, 0.1) is 0 Å². The summed E-state index contributed by atoms with van der Waals surface area (Å²) in [6.45, 7) is 1.20. The van der Waals surface area contributed by atoms with Crippen LogP contribution >= 0.6 is 11.6 Å². The fourth-order valence-corrected chi connectivity index (χ4v) is 1.66. The molecule has 5 nitrogen and oxygen atoms in total. The minimum atomic E-state index is -1.27. The number of rotatable bonds is 5. The van der Waals surface area contributed by atoms with Crippen LogP contribution in [-0.2, 0) is 4.79 Å². The predicted molar refractivity (Wildman–Crippen MR) is 66.5 cm³/mol. The van der Waals surface area contributed by atoms with Crippen LogP contribution in [0.2, 0.25) is 5.02 Å². The molecule has 0 aromatic heterocycles. The second-order valence-corrected chi connectivity index (χ2v) is 4.28. The van der Waals surface area contributed by atoms with Gasteiger partial charge in [0, 0.05) is 24.1 Å². The Balaban J connectivity index is 2.85. The highest BCUT2D eigenvalue weighted by atomic mass is 35.5. The maximum Gasteiger partial charge on any atom is 0.216 e. The third-order valence-electron chi connectivity index (χ3n) is 2.42. The van der Waals surface area contributed by atoms with Gasteiger partial charge in [-0.15, -0.1) is 0 Å². The monoisotopic (exact) mass is 271 g/mol. The second-order valence-electron chi connectivity index (χ2n) is 3.84. The quantitative estimate of drug-likeness (QED) is 0.688. The van der Waals surface area contributed by atoms with Gasteiger partial charge in [-0.05, 0) is 17.7 Å². The zero-order valence-corrected chi connectivity index (χ0v) is 10.5. The lowest BCUT2D eigenvalue weighted by Gasteiger charge is -2.19. The Bertz CT molecular complexity index is 450. The Labute approximate surface area is 109 Å². The molecule has 1 aromatic rings. The van der Waals surface area contributed by atoms with Gasteiger partial charge in [-0.2, -0.15) is 0 Å². The maximum atomic E-state index is 10.9. The first-order valence-electron chi connectivity index (χ1n) is 5.31. The third-order valence-corrected chi connectivity index (χ3v) is 2.65. The molecule has 0 heterocycles. The highest BCUT2D eigenvalue weighted by Gasteiger charge is 2.21. The summed E-state index contributed by atoms with van der Waals surface area (Å²) in [6, 6.07) is 4.38. The van der Waals surface area contributed by atoms with E-state index in [4.69, 9.17) is 11.6 Å². The van der Waals surface area contributed by atoms with E-state index >= 15 is 0 Å². The van der Waals surface area contributed by atoms with Crippen LogP contribution in [-0.4, -0.2) is 35.1 Å². The molecule has 6 heteroatoms. The highest BCUT2D eigenvalue weighted by Crippen LogP contribution is 2.23. The normalized spacial score (nSPS) is 13.8. The van der Waals surface area contributed by atoms with E-state index in [1.807, 2.05) is 0 Å². The van der Waals surface area contributed by atoms with Crippen molar-refractivity contribution in [3.63, 3.8) is 0 Å². The maximum absolute atomic E-state index is 10.9. The summed E-state index contributed by atoms with van der Waals surface area (Å²) in [5.41, 5.74) is 0.476. The molecule has 1 aromatic carbocycles. The number of carbonyl (C=O) groups excluding carboxylic acids is 2. The van der Waals surface area contributed by atoms with Gasteiger partial charge in [0.1, 0.15) is 18.5 Å². The van der Waals surface area contributed by atoms with Crippen LogP contribution < -0.4 is 5.32 Å². The summed E-state index contributed by atoms with van der Waals surface area (Å²) in [4.78, 5) is 21.5. The van der Waals surface area contributed by atoms with Gasteiger partial charge >= 0.3 is 0 Å². The SMILES string of the molecule is CC(=O)NCC(O)C(O)c1ccc(Cl)cc1C=O. The van der Waals surface area contributed by atoms with Crippen molar-refractivity contribution in [2.24, 2.45) is 0 Å². The first-order valence-corrected chi connectivity index (χ1v) is 5.68.